The number of hydrogen-bond donors (Lipinski definition) is 2. The molecular formula is C39H43N3O7. The summed E-state index contributed by atoms with van der Waals surface area (Å²) in [5.74, 6) is -3.56. The number of benzene rings is 3. The lowest BCUT2D eigenvalue weighted by atomic mass is 9.70. The van der Waals surface area contributed by atoms with Crippen molar-refractivity contribution in [1.29, 1.82) is 0 Å². The Kier molecular flexibility index (Phi) is 9.99. The first-order valence-corrected chi connectivity index (χ1v) is 16.9. The highest BCUT2D eigenvalue weighted by Crippen LogP contribution is 2.60. The van der Waals surface area contributed by atoms with E-state index in [2.05, 4.69) is 18.5 Å². The summed E-state index contributed by atoms with van der Waals surface area (Å²) in [5.41, 5.74) is -0.0325. The van der Waals surface area contributed by atoms with Crippen molar-refractivity contribution >= 4 is 40.2 Å². The Hall–Kier alpha value is -4.80. The number of likely N-dealkylation sites (tertiary alicyclic amines) is 1. The molecule has 0 aliphatic carbocycles. The van der Waals surface area contributed by atoms with Crippen molar-refractivity contribution in [3.8, 4) is 0 Å². The molecule has 7 atom stereocenters. The molecule has 3 aromatic carbocycles. The first kappa shape index (κ1) is 34.1. The molecule has 10 nitrogen and oxygen atoms in total. The average Bonchev–Trinajstić information content (AvgIpc) is 3.76. The molecule has 0 saturated carbocycles. The molecule has 6 rings (SSSR count). The van der Waals surface area contributed by atoms with Crippen LogP contribution in [0.3, 0.4) is 0 Å². The van der Waals surface area contributed by atoms with E-state index in [-0.39, 0.29) is 31.3 Å². The summed E-state index contributed by atoms with van der Waals surface area (Å²) >= 11 is 0. The molecule has 0 radical (unpaired) electrons. The van der Waals surface area contributed by atoms with E-state index < -0.39 is 60.2 Å². The van der Waals surface area contributed by atoms with E-state index in [1.165, 1.54) is 4.90 Å². The van der Waals surface area contributed by atoms with Gasteiger partial charge in [0.25, 0.3) is 5.91 Å². The molecule has 0 unspecified atom stereocenters. The molecule has 3 saturated heterocycles. The Morgan fingerprint density at radius 2 is 1.82 bits per heavy atom. The lowest BCUT2D eigenvalue weighted by molar-refractivity contribution is -0.159. The highest BCUT2D eigenvalue weighted by Gasteiger charge is 2.75. The summed E-state index contributed by atoms with van der Waals surface area (Å²) in [6, 6.07) is 20.7. The second-order valence-corrected chi connectivity index (χ2v) is 13.1. The van der Waals surface area contributed by atoms with Crippen molar-refractivity contribution in [2.75, 3.05) is 24.6 Å². The van der Waals surface area contributed by atoms with Gasteiger partial charge in [-0.2, -0.15) is 0 Å². The molecule has 256 valence electrons. The number of anilines is 1. The summed E-state index contributed by atoms with van der Waals surface area (Å²) in [7, 11) is 0. The molecule has 3 aliphatic heterocycles. The standard InChI is InChI=1S/C39H43N3O7/c1-4-6-16-32(44)40-23-25(3)48-38(47)33-31-19-20-39(49-31)34(33)36(45)42(30(24-43)27-13-8-7-9-14-27)35(39)37(46)41(21-5-2)29-18-17-26-12-10-11-15-28(26)22-29/h4-5,7-15,17-18,22,25,30-31,33-35,43H,1-2,6,16,19-21,23-24H2,3H3,(H,40,44)/t25-,30+,31-,33+,34+,35-,39+/m0/s1. The average molecular weight is 666 g/mol. The number of esters is 1. The van der Waals surface area contributed by atoms with E-state index in [4.69, 9.17) is 9.47 Å². The van der Waals surface area contributed by atoms with Crippen LogP contribution in [0.4, 0.5) is 5.69 Å². The zero-order chi connectivity index (χ0) is 34.7. The van der Waals surface area contributed by atoms with Gasteiger partial charge >= 0.3 is 5.97 Å². The van der Waals surface area contributed by atoms with E-state index >= 15 is 4.79 Å². The Labute approximate surface area is 286 Å². The molecule has 3 aliphatic rings. The number of fused-ring (bicyclic) bond motifs is 2. The molecule has 2 N–H and O–H groups in total. The molecule has 0 aromatic heterocycles. The zero-order valence-electron chi connectivity index (χ0n) is 27.7. The number of amides is 3. The van der Waals surface area contributed by atoms with Crippen LogP contribution in [0.5, 0.6) is 0 Å². The van der Waals surface area contributed by atoms with Crippen LogP contribution in [-0.4, -0.2) is 77.2 Å². The number of aliphatic hydroxyl groups is 1. The van der Waals surface area contributed by atoms with Crippen molar-refractivity contribution in [3.63, 3.8) is 0 Å². The zero-order valence-corrected chi connectivity index (χ0v) is 27.7. The van der Waals surface area contributed by atoms with Gasteiger partial charge in [0.2, 0.25) is 11.8 Å². The van der Waals surface area contributed by atoms with Gasteiger partial charge in [0.1, 0.15) is 17.7 Å². The summed E-state index contributed by atoms with van der Waals surface area (Å²) in [6.45, 7) is 9.05. The number of aliphatic hydroxyl groups excluding tert-OH is 1. The fraction of sp³-hybridized carbons (Fsp3) is 0.385. The highest BCUT2D eigenvalue weighted by atomic mass is 16.6. The molecule has 3 fully saturated rings. The second kappa shape index (κ2) is 14.4. The first-order valence-electron chi connectivity index (χ1n) is 16.9. The lowest BCUT2D eigenvalue weighted by Gasteiger charge is -2.39. The summed E-state index contributed by atoms with van der Waals surface area (Å²) in [5, 5.41) is 15.5. The maximum Gasteiger partial charge on any atom is 0.312 e. The molecule has 2 bridgehead atoms. The number of carbonyl (C=O) groups is 4. The summed E-state index contributed by atoms with van der Waals surface area (Å²) < 4.78 is 12.5. The van der Waals surface area contributed by atoms with Crippen molar-refractivity contribution in [2.45, 2.75) is 62.5 Å². The second-order valence-electron chi connectivity index (χ2n) is 13.1. The largest absolute Gasteiger partial charge is 0.460 e. The van der Waals surface area contributed by atoms with Crippen molar-refractivity contribution in [3.05, 3.63) is 104 Å². The number of carbonyl (C=O) groups excluding carboxylic acids is 4. The number of ether oxygens (including phenoxy) is 2. The summed E-state index contributed by atoms with van der Waals surface area (Å²) in [6.07, 6.45) is 3.67. The van der Waals surface area contributed by atoms with E-state index in [1.54, 1.807) is 36.1 Å². The maximum absolute atomic E-state index is 15.0. The fourth-order valence-electron chi connectivity index (χ4n) is 7.85. The van der Waals surface area contributed by atoms with Crippen molar-refractivity contribution in [1.82, 2.24) is 10.2 Å². The van der Waals surface area contributed by atoms with Gasteiger partial charge in [-0.25, -0.2) is 0 Å². The third-order valence-corrected chi connectivity index (χ3v) is 10.0. The van der Waals surface area contributed by atoms with Crippen molar-refractivity contribution < 1.29 is 33.8 Å². The van der Waals surface area contributed by atoms with Gasteiger partial charge in [-0.15, -0.1) is 13.2 Å². The van der Waals surface area contributed by atoms with Crippen LogP contribution in [0.25, 0.3) is 10.8 Å². The van der Waals surface area contributed by atoms with E-state index in [0.29, 0.717) is 30.5 Å². The molecule has 3 heterocycles. The van der Waals surface area contributed by atoms with E-state index in [1.807, 2.05) is 60.7 Å². The predicted molar refractivity (Wildman–Crippen MR) is 185 cm³/mol. The Balaban J connectivity index is 1.36. The van der Waals surface area contributed by atoms with Gasteiger partial charge in [-0.3, -0.25) is 19.2 Å². The summed E-state index contributed by atoms with van der Waals surface area (Å²) in [4.78, 5) is 58.8. The van der Waals surface area contributed by atoms with Crippen LogP contribution in [0.2, 0.25) is 0 Å². The highest BCUT2D eigenvalue weighted by molar-refractivity contribution is 6.05. The van der Waals surface area contributed by atoms with Gasteiger partial charge in [-0.05, 0) is 54.7 Å². The minimum Gasteiger partial charge on any atom is -0.460 e. The van der Waals surface area contributed by atoms with Gasteiger partial charge in [0.05, 0.1) is 37.1 Å². The topological polar surface area (TPSA) is 125 Å². The maximum atomic E-state index is 15.0. The molecule has 3 amide bonds. The number of allylic oxidation sites excluding steroid dienone is 1. The van der Waals surface area contributed by atoms with Crippen LogP contribution in [-0.2, 0) is 28.7 Å². The van der Waals surface area contributed by atoms with Gasteiger partial charge in [0, 0.05) is 18.7 Å². The van der Waals surface area contributed by atoms with Crippen molar-refractivity contribution in [2.24, 2.45) is 11.8 Å². The monoisotopic (exact) mass is 665 g/mol. The van der Waals surface area contributed by atoms with E-state index in [9.17, 15) is 19.5 Å². The van der Waals surface area contributed by atoms with Gasteiger partial charge in [-0.1, -0.05) is 72.8 Å². The molecular weight excluding hydrogens is 622 g/mol. The number of hydrogen-bond acceptors (Lipinski definition) is 7. The minimum absolute atomic E-state index is 0.111. The molecule has 1 spiro atoms. The van der Waals surface area contributed by atoms with E-state index in [0.717, 1.165) is 10.8 Å². The smallest absolute Gasteiger partial charge is 0.312 e. The Bertz CT molecular complexity index is 1740. The SMILES string of the molecule is C=CCCC(=O)NC[C@H](C)OC(=O)[C@@H]1[C@@H]2CC[C@]3(O2)[C@H](C(=O)N(CC=C)c2ccc4ccccc4c2)N([C@H](CO)c2ccccc2)C(=O)[C@@H]13. The normalized spacial score (nSPS) is 25.0. The minimum atomic E-state index is -1.32. The van der Waals surface area contributed by atoms with Crippen LogP contribution in [0.15, 0.2) is 98.1 Å². The Morgan fingerprint density at radius 1 is 1.08 bits per heavy atom. The molecule has 49 heavy (non-hydrogen) atoms. The number of nitrogens with zero attached hydrogens (tertiary/aromatic N) is 2. The third kappa shape index (κ3) is 6.26. The fourth-order valence-corrected chi connectivity index (χ4v) is 7.85. The predicted octanol–water partition coefficient (Wildman–Crippen LogP) is 4.48. The molecule has 3 aromatic rings. The lowest BCUT2D eigenvalue weighted by Crippen LogP contribution is -2.57. The first-order chi connectivity index (χ1) is 23.7. The number of rotatable bonds is 14. The van der Waals surface area contributed by atoms with Gasteiger partial charge in [0.15, 0.2) is 0 Å². The third-order valence-electron chi connectivity index (χ3n) is 10.0. The van der Waals surface area contributed by atoms with Crippen LogP contribution < -0.4 is 10.2 Å². The van der Waals surface area contributed by atoms with Crippen LogP contribution in [0.1, 0.15) is 44.2 Å². The van der Waals surface area contributed by atoms with Crippen LogP contribution >= 0.6 is 0 Å². The quantitative estimate of drug-likeness (QED) is 0.192. The number of nitrogens with one attached hydrogen (secondary N) is 1. The van der Waals surface area contributed by atoms with Crippen LogP contribution in [0, 0.1) is 11.8 Å². The van der Waals surface area contributed by atoms with Gasteiger partial charge < -0.3 is 29.7 Å². The Morgan fingerprint density at radius 3 is 2.53 bits per heavy atom. The molecule has 10 heteroatoms.